The molecule has 2 N–H and O–H groups in total. The Hall–Kier alpha value is -0.260. The van der Waals surface area contributed by atoms with E-state index in [1.54, 1.807) is 0 Å². The predicted molar refractivity (Wildman–Crippen MR) is 80.7 cm³/mol. The Bertz CT molecular complexity index is 422. The average Bonchev–Trinajstić information content (AvgIpc) is 2.73. The highest BCUT2D eigenvalue weighted by atomic mass is 32.2. The molecule has 2 aliphatic rings. The molecule has 0 spiro atoms. The van der Waals surface area contributed by atoms with Gasteiger partial charge in [0, 0.05) is 34.5 Å². The van der Waals surface area contributed by atoms with Crippen molar-refractivity contribution < 1.29 is 0 Å². The second-order valence-electron chi connectivity index (χ2n) is 5.47. The summed E-state index contributed by atoms with van der Waals surface area (Å²) < 4.78 is 0. The molecule has 3 rings (SSSR count). The molecule has 1 aromatic heterocycles. The summed E-state index contributed by atoms with van der Waals surface area (Å²) in [5.74, 6) is 0. The first-order valence-corrected chi connectivity index (χ1v) is 8.55. The van der Waals surface area contributed by atoms with Gasteiger partial charge in [-0.15, -0.1) is 0 Å². The minimum atomic E-state index is 0.231. The Balaban J connectivity index is 1.84. The smallest absolute Gasteiger partial charge is 0.185 e. The van der Waals surface area contributed by atoms with E-state index in [-0.39, 0.29) is 6.04 Å². The third-order valence-electron chi connectivity index (χ3n) is 3.67. The molecule has 0 saturated carbocycles. The van der Waals surface area contributed by atoms with Crippen molar-refractivity contribution >= 4 is 28.2 Å². The van der Waals surface area contributed by atoms with Crippen LogP contribution in [0.25, 0.3) is 0 Å². The van der Waals surface area contributed by atoms with Gasteiger partial charge in [0.1, 0.15) is 0 Å². The van der Waals surface area contributed by atoms with E-state index in [9.17, 15) is 0 Å². The van der Waals surface area contributed by atoms with E-state index in [1.165, 1.54) is 22.1 Å². The number of nitrogens with zero attached hydrogens (tertiary/aromatic N) is 2. The van der Waals surface area contributed by atoms with Crippen LogP contribution in [0.5, 0.6) is 0 Å². The van der Waals surface area contributed by atoms with E-state index in [4.69, 9.17) is 10.7 Å². The van der Waals surface area contributed by atoms with Crippen LogP contribution in [0.1, 0.15) is 43.3 Å². The zero-order valence-electron chi connectivity index (χ0n) is 11.1. The van der Waals surface area contributed by atoms with Crippen molar-refractivity contribution in [3.63, 3.8) is 0 Å². The van der Waals surface area contributed by atoms with Crippen LogP contribution in [0.2, 0.25) is 0 Å². The minimum absolute atomic E-state index is 0.231. The molecule has 3 unspecified atom stereocenters. The maximum absolute atomic E-state index is 6.19. The summed E-state index contributed by atoms with van der Waals surface area (Å²) in [5, 5.41) is 2.60. The normalized spacial score (nSPS) is 32.4. The summed E-state index contributed by atoms with van der Waals surface area (Å²) in [5.41, 5.74) is 7.46. The number of aromatic nitrogens is 1. The molecule has 18 heavy (non-hydrogen) atoms. The van der Waals surface area contributed by atoms with Gasteiger partial charge >= 0.3 is 0 Å². The second kappa shape index (κ2) is 5.02. The lowest BCUT2D eigenvalue weighted by atomic mass is 9.99. The van der Waals surface area contributed by atoms with E-state index >= 15 is 0 Å². The zero-order valence-corrected chi connectivity index (χ0v) is 12.7. The fourth-order valence-electron chi connectivity index (χ4n) is 2.91. The van der Waals surface area contributed by atoms with Gasteiger partial charge in [0.05, 0.1) is 5.69 Å². The number of anilines is 1. The van der Waals surface area contributed by atoms with Crippen molar-refractivity contribution in [3.8, 4) is 0 Å². The van der Waals surface area contributed by atoms with Crippen LogP contribution in [-0.2, 0) is 6.42 Å². The summed E-state index contributed by atoms with van der Waals surface area (Å²) in [4.78, 5) is 8.65. The molecule has 1 aliphatic heterocycles. The van der Waals surface area contributed by atoms with Crippen molar-refractivity contribution in [1.29, 1.82) is 0 Å². The molecule has 1 fully saturated rings. The number of thioether (sulfide) groups is 1. The molecule has 0 aromatic carbocycles. The highest BCUT2D eigenvalue weighted by Gasteiger charge is 2.27. The third kappa shape index (κ3) is 2.40. The summed E-state index contributed by atoms with van der Waals surface area (Å²) in [6.07, 6.45) is 3.44. The number of thiazole rings is 1. The van der Waals surface area contributed by atoms with Crippen LogP contribution < -0.4 is 10.6 Å². The molecule has 0 radical (unpaired) electrons. The number of hydrogen-bond donors (Lipinski definition) is 1. The van der Waals surface area contributed by atoms with Crippen molar-refractivity contribution in [2.75, 3.05) is 18.0 Å². The molecule has 1 saturated heterocycles. The van der Waals surface area contributed by atoms with Crippen LogP contribution >= 0.6 is 23.1 Å². The highest BCUT2D eigenvalue weighted by Crippen LogP contribution is 2.38. The molecular weight excluding hydrogens is 262 g/mol. The summed E-state index contributed by atoms with van der Waals surface area (Å²) in [6.45, 7) is 6.87. The first kappa shape index (κ1) is 12.8. The Labute approximate surface area is 117 Å². The largest absolute Gasteiger partial charge is 0.346 e. The van der Waals surface area contributed by atoms with Gasteiger partial charge in [-0.2, -0.15) is 11.8 Å². The molecule has 2 heterocycles. The fourth-order valence-corrected chi connectivity index (χ4v) is 5.40. The molecule has 5 heteroatoms. The molecule has 1 aromatic rings. The standard InChI is InChI=1S/C13H21N3S2/c1-8-6-16(7-9(2)17-8)13-15-11-5-3-4-10(14)12(11)18-13/h8-10H,3-7,14H2,1-2H3. The first-order valence-electron chi connectivity index (χ1n) is 6.79. The fraction of sp³-hybridized carbons (Fsp3) is 0.769. The Kier molecular flexibility index (Phi) is 3.56. The van der Waals surface area contributed by atoms with Gasteiger partial charge < -0.3 is 10.6 Å². The zero-order chi connectivity index (χ0) is 12.7. The Morgan fingerprint density at radius 3 is 2.67 bits per heavy atom. The van der Waals surface area contributed by atoms with Crippen LogP contribution in [0.15, 0.2) is 0 Å². The van der Waals surface area contributed by atoms with Crippen molar-refractivity contribution in [1.82, 2.24) is 4.98 Å². The predicted octanol–water partition coefficient (Wildman–Crippen LogP) is 2.81. The molecule has 3 atom stereocenters. The van der Waals surface area contributed by atoms with E-state index < -0.39 is 0 Å². The van der Waals surface area contributed by atoms with Gasteiger partial charge in [-0.3, -0.25) is 0 Å². The van der Waals surface area contributed by atoms with Crippen molar-refractivity contribution in [2.24, 2.45) is 5.73 Å². The van der Waals surface area contributed by atoms with E-state index in [2.05, 4.69) is 30.5 Å². The maximum Gasteiger partial charge on any atom is 0.185 e. The van der Waals surface area contributed by atoms with E-state index in [0.717, 1.165) is 25.9 Å². The summed E-state index contributed by atoms with van der Waals surface area (Å²) >= 11 is 3.92. The molecule has 3 nitrogen and oxygen atoms in total. The van der Waals surface area contributed by atoms with Gasteiger partial charge in [0.25, 0.3) is 0 Å². The lowest BCUT2D eigenvalue weighted by Gasteiger charge is -2.34. The topological polar surface area (TPSA) is 42.2 Å². The molecule has 0 bridgehead atoms. The summed E-state index contributed by atoms with van der Waals surface area (Å²) in [7, 11) is 0. The molecule has 0 amide bonds. The number of hydrogen-bond acceptors (Lipinski definition) is 5. The van der Waals surface area contributed by atoms with Gasteiger partial charge in [-0.05, 0) is 19.3 Å². The van der Waals surface area contributed by atoms with Crippen LogP contribution in [0.3, 0.4) is 0 Å². The van der Waals surface area contributed by atoms with E-state index in [1.807, 2.05) is 11.3 Å². The quantitative estimate of drug-likeness (QED) is 0.860. The van der Waals surface area contributed by atoms with Crippen LogP contribution in [0.4, 0.5) is 5.13 Å². The van der Waals surface area contributed by atoms with Crippen LogP contribution in [0, 0.1) is 0 Å². The van der Waals surface area contributed by atoms with Gasteiger partial charge in [-0.25, -0.2) is 4.98 Å². The number of rotatable bonds is 1. The molecular formula is C13H21N3S2. The molecule has 100 valence electrons. The highest BCUT2D eigenvalue weighted by molar-refractivity contribution is 8.00. The van der Waals surface area contributed by atoms with Gasteiger partial charge in [0.15, 0.2) is 5.13 Å². The SMILES string of the molecule is CC1CN(c2nc3c(s2)C(N)CCC3)CC(C)S1. The average molecular weight is 283 g/mol. The second-order valence-corrected chi connectivity index (χ2v) is 8.36. The third-order valence-corrected chi connectivity index (χ3v) is 6.19. The summed E-state index contributed by atoms with van der Waals surface area (Å²) in [6, 6.07) is 0.231. The van der Waals surface area contributed by atoms with Crippen molar-refractivity contribution in [3.05, 3.63) is 10.6 Å². The van der Waals surface area contributed by atoms with Crippen molar-refractivity contribution in [2.45, 2.75) is 49.7 Å². The molecule has 1 aliphatic carbocycles. The van der Waals surface area contributed by atoms with Crippen LogP contribution in [-0.4, -0.2) is 28.6 Å². The number of fused-ring (bicyclic) bond motifs is 1. The first-order chi connectivity index (χ1) is 8.63. The lowest BCUT2D eigenvalue weighted by molar-refractivity contribution is 0.573. The van der Waals surface area contributed by atoms with Gasteiger partial charge in [-0.1, -0.05) is 25.2 Å². The van der Waals surface area contributed by atoms with E-state index in [0.29, 0.717) is 10.5 Å². The Morgan fingerprint density at radius 2 is 2.00 bits per heavy atom. The lowest BCUT2D eigenvalue weighted by Crippen LogP contribution is -2.40. The number of nitrogens with two attached hydrogens (primary N) is 1. The Morgan fingerprint density at radius 1 is 1.28 bits per heavy atom. The minimum Gasteiger partial charge on any atom is -0.346 e. The monoisotopic (exact) mass is 283 g/mol. The number of aryl methyl sites for hydroxylation is 1. The van der Waals surface area contributed by atoms with Gasteiger partial charge in [0.2, 0.25) is 0 Å². The maximum atomic E-state index is 6.19.